The zero-order valence-corrected chi connectivity index (χ0v) is 13.4. The lowest BCUT2D eigenvalue weighted by atomic mass is 10.3. The molecule has 0 saturated heterocycles. The minimum Gasteiger partial charge on any atom is -0.458 e. The summed E-state index contributed by atoms with van der Waals surface area (Å²) in [5.74, 6) is -2.42. The predicted octanol–water partition coefficient (Wildman–Crippen LogP) is 1.39. The van der Waals surface area contributed by atoms with Crippen molar-refractivity contribution < 1.29 is 23.9 Å². The fourth-order valence-corrected chi connectivity index (χ4v) is 1.11. The van der Waals surface area contributed by atoms with E-state index in [0.29, 0.717) is 8.96 Å². The molecule has 19 heavy (non-hydrogen) atoms. The van der Waals surface area contributed by atoms with Gasteiger partial charge < -0.3 is 14.8 Å². The van der Waals surface area contributed by atoms with Crippen molar-refractivity contribution in [2.24, 2.45) is 0 Å². The first kappa shape index (κ1) is 17.8. The average Bonchev–Trinajstić information content (AvgIpc) is 2.29. The molecule has 0 unspecified atom stereocenters. The number of carbonyl (C=O) groups excluding carboxylic acids is 3. The Labute approximate surface area is 127 Å². The third-order valence-corrected chi connectivity index (χ3v) is 2.02. The molecule has 0 saturated carbocycles. The number of halogens is 2. The van der Waals surface area contributed by atoms with Gasteiger partial charge in [-0.2, -0.15) is 0 Å². The van der Waals surface area contributed by atoms with E-state index in [0.717, 1.165) is 0 Å². The Hall–Kier alpha value is -1.15. The Morgan fingerprint density at radius 2 is 1.42 bits per heavy atom. The Morgan fingerprint density at radius 3 is 1.68 bits per heavy atom. The van der Waals surface area contributed by atoms with Gasteiger partial charge in [0, 0.05) is 15.9 Å². The molecule has 1 N–H and O–H groups in total. The molecule has 1 amide bonds. The summed E-state index contributed by atoms with van der Waals surface area (Å²) >= 11 is 5.99. The van der Waals surface area contributed by atoms with E-state index in [4.69, 9.17) is 9.47 Å². The van der Waals surface area contributed by atoms with Crippen molar-refractivity contribution >= 4 is 49.7 Å². The standard InChI is InChI=1S/C11H13Br2NO5/c1-6(12)4-18-10(16)9(14-8(3)15)11(17)19-5-7(2)13/h9H,1-2,4-5H2,3H3,(H,14,15). The highest BCUT2D eigenvalue weighted by Gasteiger charge is 2.30. The maximum atomic E-state index is 11.6. The van der Waals surface area contributed by atoms with Crippen molar-refractivity contribution in [3.8, 4) is 0 Å². The van der Waals surface area contributed by atoms with Gasteiger partial charge in [0.25, 0.3) is 0 Å². The van der Waals surface area contributed by atoms with Crippen LogP contribution in [0.1, 0.15) is 6.92 Å². The summed E-state index contributed by atoms with van der Waals surface area (Å²) in [6.45, 7) is 7.87. The van der Waals surface area contributed by atoms with Gasteiger partial charge in [-0.05, 0) is 0 Å². The topological polar surface area (TPSA) is 81.7 Å². The van der Waals surface area contributed by atoms with Crippen molar-refractivity contribution in [1.29, 1.82) is 0 Å². The van der Waals surface area contributed by atoms with Gasteiger partial charge >= 0.3 is 11.9 Å². The van der Waals surface area contributed by atoms with Crippen molar-refractivity contribution in [3.05, 3.63) is 22.1 Å². The number of amides is 1. The lowest BCUT2D eigenvalue weighted by Gasteiger charge is -2.15. The van der Waals surface area contributed by atoms with Crippen LogP contribution >= 0.6 is 31.9 Å². The van der Waals surface area contributed by atoms with E-state index in [1.54, 1.807) is 0 Å². The minimum absolute atomic E-state index is 0.118. The van der Waals surface area contributed by atoms with E-state index < -0.39 is 23.9 Å². The Balaban J connectivity index is 4.64. The highest BCUT2D eigenvalue weighted by molar-refractivity contribution is 9.12. The molecular weight excluding hydrogens is 386 g/mol. The average molecular weight is 399 g/mol. The third kappa shape index (κ3) is 8.55. The van der Waals surface area contributed by atoms with Crippen molar-refractivity contribution in [3.63, 3.8) is 0 Å². The van der Waals surface area contributed by atoms with Crippen molar-refractivity contribution in [1.82, 2.24) is 5.32 Å². The summed E-state index contributed by atoms with van der Waals surface area (Å²) in [7, 11) is 0. The Morgan fingerprint density at radius 1 is 1.05 bits per heavy atom. The van der Waals surface area contributed by atoms with Crippen LogP contribution in [0.3, 0.4) is 0 Å². The molecule has 0 fully saturated rings. The molecule has 0 heterocycles. The Kier molecular flexibility index (Phi) is 8.33. The molecule has 0 rings (SSSR count). The smallest absolute Gasteiger partial charge is 0.340 e. The van der Waals surface area contributed by atoms with Crippen molar-refractivity contribution in [2.75, 3.05) is 13.2 Å². The second-order valence-corrected chi connectivity index (χ2v) is 5.63. The molecule has 6 nitrogen and oxygen atoms in total. The molecule has 0 aromatic carbocycles. The summed E-state index contributed by atoms with van der Waals surface area (Å²) in [5, 5.41) is 2.15. The van der Waals surface area contributed by atoms with Gasteiger partial charge in [0.2, 0.25) is 11.9 Å². The molecule has 0 atom stereocenters. The first-order valence-electron chi connectivity index (χ1n) is 5.01. The molecule has 0 aliphatic heterocycles. The monoisotopic (exact) mass is 397 g/mol. The van der Waals surface area contributed by atoms with Crippen LogP contribution in [0.25, 0.3) is 0 Å². The number of esters is 2. The van der Waals surface area contributed by atoms with Crippen molar-refractivity contribution in [2.45, 2.75) is 13.0 Å². The van der Waals surface area contributed by atoms with Crippen LogP contribution in [0.2, 0.25) is 0 Å². The summed E-state index contributed by atoms with van der Waals surface area (Å²) in [6.07, 6.45) is 0. The number of hydrogen-bond donors (Lipinski definition) is 1. The zero-order chi connectivity index (χ0) is 15.0. The van der Waals surface area contributed by atoms with Crippen LogP contribution in [-0.4, -0.2) is 37.1 Å². The number of ether oxygens (including phenoxy) is 2. The number of hydrogen-bond acceptors (Lipinski definition) is 5. The van der Waals surface area contributed by atoms with Crippen LogP contribution in [0.5, 0.6) is 0 Å². The number of carbonyl (C=O) groups is 3. The fraction of sp³-hybridized carbons (Fsp3) is 0.364. The molecule has 8 heteroatoms. The SMILES string of the molecule is C=C(Br)COC(=O)C(NC(C)=O)C(=O)OCC(=C)Br. The van der Waals surface area contributed by atoms with Crippen LogP contribution < -0.4 is 5.32 Å². The van der Waals surface area contributed by atoms with Gasteiger partial charge in [-0.15, -0.1) is 0 Å². The Bertz CT molecular complexity index is 378. The summed E-state index contributed by atoms with van der Waals surface area (Å²) in [5.41, 5.74) is 0. The molecule has 106 valence electrons. The fourth-order valence-electron chi connectivity index (χ4n) is 0.883. The van der Waals surface area contributed by atoms with Gasteiger partial charge in [0.1, 0.15) is 13.2 Å². The van der Waals surface area contributed by atoms with E-state index in [9.17, 15) is 14.4 Å². The molecule has 0 bridgehead atoms. The molecule has 0 radical (unpaired) electrons. The minimum atomic E-state index is -1.52. The summed E-state index contributed by atoms with van der Waals surface area (Å²) < 4.78 is 10.4. The van der Waals surface area contributed by atoms with E-state index in [2.05, 4.69) is 50.3 Å². The maximum Gasteiger partial charge on any atom is 0.340 e. The highest BCUT2D eigenvalue weighted by Crippen LogP contribution is 2.05. The van der Waals surface area contributed by atoms with Gasteiger partial charge in [-0.1, -0.05) is 45.0 Å². The van der Waals surface area contributed by atoms with Gasteiger partial charge in [0.05, 0.1) is 0 Å². The van der Waals surface area contributed by atoms with Crippen LogP contribution in [0.15, 0.2) is 22.1 Å². The quantitative estimate of drug-likeness (QED) is 0.517. The molecular formula is C11H13Br2NO5. The zero-order valence-electron chi connectivity index (χ0n) is 10.2. The summed E-state index contributed by atoms with van der Waals surface area (Å²) in [4.78, 5) is 34.2. The predicted molar refractivity (Wildman–Crippen MR) is 75.7 cm³/mol. The molecule has 0 aliphatic carbocycles. The lowest BCUT2D eigenvalue weighted by molar-refractivity contribution is -0.158. The van der Waals surface area contributed by atoms with Gasteiger partial charge in [-0.25, -0.2) is 9.59 Å². The van der Waals surface area contributed by atoms with E-state index in [-0.39, 0.29) is 13.2 Å². The van der Waals surface area contributed by atoms with E-state index >= 15 is 0 Å². The normalized spacial score (nSPS) is 9.68. The molecule has 0 spiro atoms. The largest absolute Gasteiger partial charge is 0.458 e. The molecule has 0 aromatic heterocycles. The molecule has 0 aliphatic rings. The molecule has 0 aromatic rings. The van der Waals surface area contributed by atoms with E-state index in [1.807, 2.05) is 0 Å². The summed E-state index contributed by atoms with van der Waals surface area (Å²) in [6, 6.07) is -1.52. The maximum absolute atomic E-state index is 11.6. The second kappa shape index (κ2) is 8.87. The van der Waals surface area contributed by atoms with Crippen LogP contribution in [0, 0.1) is 0 Å². The van der Waals surface area contributed by atoms with Gasteiger partial charge in [-0.3, -0.25) is 4.79 Å². The van der Waals surface area contributed by atoms with E-state index in [1.165, 1.54) is 6.92 Å². The number of nitrogens with one attached hydrogen (secondary N) is 1. The lowest BCUT2D eigenvalue weighted by Crippen LogP contribution is -2.47. The highest BCUT2D eigenvalue weighted by atomic mass is 79.9. The first-order valence-corrected chi connectivity index (χ1v) is 6.59. The number of rotatable bonds is 7. The van der Waals surface area contributed by atoms with Crippen LogP contribution in [0.4, 0.5) is 0 Å². The second-order valence-electron chi connectivity index (χ2n) is 3.38. The van der Waals surface area contributed by atoms with Gasteiger partial charge in [0.15, 0.2) is 0 Å². The third-order valence-electron chi connectivity index (χ3n) is 1.56. The first-order chi connectivity index (χ1) is 8.73. The van der Waals surface area contributed by atoms with Crippen LogP contribution in [-0.2, 0) is 23.9 Å².